The first-order chi connectivity index (χ1) is 8.20. The van der Waals surface area contributed by atoms with Crippen LogP contribution in [-0.2, 0) is 6.54 Å². The van der Waals surface area contributed by atoms with Crippen LogP contribution < -0.4 is 5.73 Å². The summed E-state index contributed by atoms with van der Waals surface area (Å²) in [5.41, 5.74) is 5.85. The van der Waals surface area contributed by atoms with E-state index in [0.717, 1.165) is 12.8 Å². The van der Waals surface area contributed by atoms with E-state index >= 15 is 0 Å². The smallest absolute Gasteiger partial charge is 0.274 e. The van der Waals surface area contributed by atoms with Crippen LogP contribution in [0.5, 0.6) is 0 Å². The van der Waals surface area contributed by atoms with Crippen molar-refractivity contribution in [2.45, 2.75) is 25.5 Å². The molecule has 2 heterocycles. The number of aliphatic hydroxyl groups excluding tert-OH is 1. The number of β-amino-alcohol motifs (C(OH)–C–C–N with tert-alkyl or cyclic N) is 1. The molecular weight excluding hydrogens is 220 g/mol. The number of carbonyl (C=O) groups excluding carboxylic acids is 1. The number of hydrogen-bond donors (Lipinski definition) is 2. The summed E-state index contributed by atoms with van der Waals surface area (Å²) in [6.07, 6.45) is 4.53. The summed E-state index contributed by atoms with van der Waals surface area (Å²) in [5, 5.41) is 9.53. The van der Waals surface area contributed by atoms with Crippen molar-refractivity contribution in [2.75, 3.05) is 19.6 Å². The molecular formula is C11H18N4O2. The maximum atomic E-state index is 12.1. The molecule has 1 aliphatic rings. The van der Waals surface area contributed by atoms with E-state index in [1.54, 1.807) is 22.0 Å². The fourth-order valence-electron chi connectivity index (χ4n) is 2.04. The summed E-state index contributed by atoms with van der Waals surface area (Å²) >= 11 is 0. The third-order valence-corrected chi connectivity index (χ3v) is 2.92. The first-order valence-electron chi connectivity index (χ1n) is 5.90. The van der Waals surface area contributed by atoms with Gasteiger partial charge in [0.2, 0.25) is 0 Å². The maximum Gasteiger partial charge on any atom is 0.274 e. The first-order valence-corrected chi connectivity index (χ1v) is 5.90. The summed E-state index contributed by atoms with van der Waals surface area (Å²) in [7, 11) is 0. The van der Waals surface area contributed by atoms with Crippen LogP contribution in [0, 0.1) is 0 Å². The highest BCUT2D eigenvalue weighted by Gasteiger charge is 2.24. The largest absolute Gasteiger partial charge is 0.391 e. The van der Waals surface area contributed by atoms with E-state index in [9.17, 15) is 9.90 Å². The molecule has 6 heteroatoms. The lowest BCUT2D eigenvalue weighted by atomic mass is 10.1. The van der Waals surface area contributed by atoms with Gasteiger partial charge < -0.3 is 20.3 Å². The van der Waals surface area contributed by atoms with E-state index in [1.165, 1.54) is 0 Å². The zero-order valence-electron chi connectivity index (χ0n) is 9.75. The molecule has 1 atom stereocenters. The van der Waals surface area contributed by atoms with E-state index in [2.05, 4.69) is 4.98 Å². The van der Waals surface area contributed by atoms with Crippen molar-refractivity contribution >= 4 is 5.91 Å². The standard InChI is InChI=1S/C11H18N4O2/c12-3-5-14-7-10(13-8-14)11(17)15-4-1-2-9(16)6-15/h7-9,16H,1-6,12H2/t9-/m0/s1. The van der Waals surface area contributed by atoms with Crippen molar-refractivity contribution in [2.24, 2.45) is 5.73 Å². The lowest BCUT2D eigenvalue weighted by Gasteiger charge is -2.29. The molecule has 0 bridgehead atoms. The summed E-state index contributed by atoms with van der Waals surface area (Å²) in [6.45, 7) is 2.28. The Labute approximate surface area is 100 Å². The van der Waals surface area contributed by atoms with Crippen LogP contribution in [0.3, 0.4) is 0 Å². The molecule has 94 valence electrons. The minimum absolute atomic E-state index is 0.112. The van der Waals surface area contributed by atoms with Gasteiger partial charge in [0.15, 0.2) is 0 Å². The molecule has 0 unspecified atom stereocenters. The fourth-order valence-corrected chi connectivity index (χ4v) is 2.04. The van der Waals surface area contributed by atoms with Crippen LogP contribution in [0.4, 0.5) is 0 Å². The summed E-state index contributed by atoms with van der Waals surface area (Å²) < 4.78 is 1.80. The quantitative estimate of drug-likeness (QED) is 0.739. The number of carbonyl (C=O) groups is 1. The molecule has 1 aromatic heterocycles. The number of piperidine rings is 1. The summed E-state index contributed by atoms with van der Waals surface area (Å²) in [6, 6.07) is 0. The van der Waals surface area contributed by atoms with Crippen molar-refractivity contribution in [3.63, 3.8) is 0 Å². The van der Waals surface area contributed by atoms with Gasteiger partial charge in [-0.15, -0.1) is 0 Å². The van der Waals surface area contributed by atoms with Crippen LogP contribution in [0.1, 0.15) is 23.3 Å². The molecule has 0 aliphatic carbocycles. The van der Waals surface area contributed by atoms with E-state index < -0.39 is 6.10 Å². The van der Waals surface area contributed by atoms with Gasteiger partial charge in [0.05, 0.1) is 12.4 Å². The highest BCUT2D eigenvalue weighted by Crippen LogP contribution is 2.12. The van der Waals surface area contributed by atoms with Crippen LogP contribution in [0.2, 0.25) is 0 Å². The molecule has 0 spiro atoms. The van der Waals surface area contributed by atoms with Crippen molar-refractivity contribution in [3.8, 4) is 0 Å². The van der Waals surface area contributed by atoms with Crippen molar-refractivity contribution < 1.29 is 9.90 Å². The zero-order chi connectivity index (χ0) is 12.3. The van der Waals surface area contributed by atoms with Gasteiger partial charge in [-0.25, -0.2) is 4.98 Å². The Morgan fingerprint density at radius 2 is 2.47 bits per heavy atom. The van der Waals surface area contributed by atoms with Gasteiger partial charge in [-0.1, -0.05) is 0 Å². The molecule has 0 radical (unpaired) electrons. The number of amides is 1. The molecule has 3 N–H and O–H groups in total. The van der Waals surface area contributed by atoms with Gasteiger partial charge in [0.1, 0.15) is 5.69 Å². The minimum Gasteiger partial charge on any atom is -0.391 e. The average molecular weight is 238 g/mol. The number of hydrogen-bond acceptors (Lipinski definition) is 4. The minimum atomic E-state index is -0.404. The van der Waals surface area contributed by atoms with Gasteiger partial charge in [-0.3, -0.25) is 4.79 Å². The monoisotopic (exact) mass is 238 g/mol. The molecule has 6 nitrogen and oxygen atoms in total. The topological polar surface area (TPSA) is 84.4 Å². The Bertz CT molecular complexity index is 391. The second-order valence-corrected chi connectivity index (χ2v) is 4.33. The predicted octanol–water partition coefficient (Wildman–Crippen LogP) is -0.561. The molecule has 0 aromatic carbocycles. The SMILES string of the molecule is NCCn1cnc(C(=O)N2CCC[C@H](O)C2)c1. The fraction of sp³-hybridized carbons (Fsp3) is 0.636. The number of likely N-dealkylation sites (tertiary alicyclic amines) is 1. The Hall–Kier alpha value is -1.40. The molecule has 1 amide bonds. The lowest BCUT2D eigenvalue weighted by molar-refractivity contribution is 0.0469. The van der Waals surface area contributed by atoms with Crippen molar-refractivity contribution in [1.82, 2.24) is 14.5 Å². The maximum absolute atomic E-state index is 12.1. The second kappa shape index (κ2) is 5.29. The highest BCUT2D eigenvalue weighted by atomic mass is 16.3. The van der Waals surface area contributed by atoms with Gasteiger partial charge in [-0.2, -0.15) is 0 Å². The Morgan fingerprint density at radius 1 is 1.65 bits per heavy atom. The molecule has 2 rings (SSSR count). The van der Waals surface area contributed by atoms with Gasteiger partial charge in [0, 0.05) is 32.4 Å². The molecule has 1 saturated heterocycles. The van der Waals surface area contributed by atoms with Gasteiger partial charge in [0.25, 0.3) is 5.91 Å². The Balaban J connectivity index is 2.02. The summed E-state index contributed by atoms with van der Waals surface area (Å²) in [5.74, 6) is -0.112. The number of rotatable bonds is 3. The lowest BCUT2D eigenvalue weighted by Crippen LogP contribution is -2.42. The number of nitrogens with zero attached hydrogens (tertiary/aromatic N) is 3. The van der Waals surface area contributed by atoms with Crippen LogP contribution >= 0.6 is 0 Å². The third-order valence-electron chi connectivity index (χ3n) is 2.92. The first kappa shape index (κ1) is 12.1. The van der Waals surface area contributed by atoms with Crippen LogP contribution in [-0.4, -0.2) is 51.2 Å². The van der Waals surface area contributed by atoms with Crippen molar-refractivity contribution in [3.05, 3.63) is 18.2 Å². The van der Waals surface area contributed by atoms with Crippen LogP contribution in [0.15, 0.2) is 12.5 Å². The Kier molecular flexibility index (Phi) is 3.75. The van der Waals surface area contributed by atoms with Gasteiger partial charge in [-0.05, 0) is 12.8 Å². The molecule has 1 aromatic rings. The second-order valence-electron chi connectivity index (χ2n) is 4.33. The molecule has 17 heavy (non-hydrogen) atoms. The highest BCUT2D eigenvalue weighted by molar-refractivity contribution is 5.92. The third kappa shape index (κ3) is 2.83. The Morgan fingerprint density at radius 3 is 3.18 bits per heavy atom. The number of aromatic nitrogens is 2. The van der Waals surface area contributed by atoms with E-state index in [4.69, 9.17) is 5.73 Å². The predicted molar refractivity (Wildman–Crippen MR) is 62.4 cm³/mol. The number of aliphatic hydroxyl groups is 1. The normalized spacial score (nSPS) is 20.6. The van der Waals surface area contributed by atoms with E-state index in [0.29, 0.717) is 31.9 Å². The number of imidazole rings is 1. The van der Waals surface area contributed by atoms with Crippen LogP contribution in [0.25, 0.3) is 0 Å². The molecule has 1 fully saturated rings. The van der Waals surface area contributed by atoms with E-state index in [1.807, 2.05) is 0 Å². The average Bonchev–Trinajstić information content (AvgIpc) is 2.77. The zero-order valence-corrected chi connectivity index (χ0v) is 9.75. The van der Waals surface area contributed by atoms with Gasteiger partial charge >= 0.3 is 0 Å². The van der Waals surface area contributed by atoms with Crippen molar-refractivity contribution in [1.29, 1.82) is 0 Å². The molecule has 0 saturated carbocycles. The van der Waals surface area contributed by atoms with E-state index in [-0.39, 0.29) is 5.91 Å². The molecule has 1 aliphatic heterocycles. The summed E-state index contributed by atoms with van der Waals surface area (Å²) in [4.78, 5) is 17.8. The number of nitrogens with two attached hydrogens (primary N) is 1.